The van der Waals surface area contributed by atoms with E-state index in [-0.39, 0.29) is 48.9 Å². The monoisotopic (exact) mass is 522 g/mol. The minimum absolute atomic E-state index is 0.0319. The molecule has 1 saturated heterocycles. The van der Waals surface area contributed by atoms with Crippen LogP contribution in [0.5, 0.6) is 5.75 Å². The van der Waals surface area contributed by atoms with E-state index in [2.05, 4.69) is 10.1 Å². The summed E-state index contributed by atoms with van der Waals surface area (Å²) in [5.74, 6) is -0.179. The zero-order valence-electron chi connectivity index (χ0n) is 20.2. The number of ether oxygens (including phenoxy) is 2. The second kappa shape index (κ2) is 12.6. The first kappa shape index (κ1) is 26.5. The molecule has 36 heavy (non-hydrogen) atoms. The van der Waals surface area contributed by atoms with Gasteiger partial charge in [0, 0.05) is 12.1 Å². The van der Waals surface area contributed by atoms with Crippen LogP contribution in [0.15, 0.2) is 41.3 Å². The zero-order valence-corrected chi connectivity index (χ0v) is 21.1. The van der Waals surface area contributed by atoms with Crippen LogP contribution in [0.1, 0.15) is 51.7 Å². The number of nitrogens with zero attached hydrogens (tertiary/aromatic N) is 2. The van der Waals surface area contributed by atoms with Crippen LogP contribution in [0.2, 0.25) is 0 Å². The van der Waals surface area contributed by atoms with Crippen molar-refractivity contribution in [3.63, 3.8) is 0 Å². The van der Waals surface area contributed by atoms with Gasteiger partial charge < -0.3 is 24.3 Å². The van der Waals surface area contributed by atoms with Crippen LogP contribution in [-0.2, 0) is 18.8 Å². The highest BCUT2D eigenvalue weighted by molar-refractivity contribution is 7.45. The molecule has 2 fully saturated rings. The van der Waals surface area contributed by atoms with Crippen LogP contribution in [0.25, 0.3) is 0 Å². The normalized spacial score (nSPS) is 23.3. The molecule has 1 aliphatic carbocycles. The van der Waals surface area contributed by atoms with Crippen molar-refractivity contribution in [3.8, 4) is 5.75 Å². The molecular formula is C24H32FN4O6P. The van der Waals surface area contributed by atoms with Crippen LogP contribution < -0.4 is 21.0 Å². The summed E-state index contributed by atoms with van der Waals surface area (Å²) in [5, 5.41) is 2.98. The molecule has 0 spiro atoms. The minimum Gasteiger partial charge on any atom is -0.461 e. The number of aromatic nitrogens is 2. The van der Waals surface area contributed by atoms with E-state index < -0.39 is 20.4 Å². The summed E-state index contributed by atoms with van der Waals surface area (Å²) < 4.78 is 38.2. The van der Waals surface area contributed by atoms with Gasteiger partial charge >= 0.3 is 20.2 Å². The highest BCUT2D eigenvalue weighted by Crippen LogP contribution is 2.39. The van der Waals surface area contributed by atoms with E-state index in [1.165, 1.54) is 35.3 Å². The zero-order chi connectivity index (χ0) is 25.5. The third-order valence-electron chi connectivity index (χ3n) is 6.16. The SMILES string of the molecule is CC1CC(COP(NCC(=O)OC2CCCCC2)Oc2ccc(F)cc2)OC1n1ccc(N)nc1=O. The molecule has 0 bridgehead atoms. The Hall–Kier alpha value is -2.59. The lowest BCUT2D eigenvalue weighted by molar-refractivity contribution is -0.149. The maximum atomic E-state index is 13.3. The standard InChI is InChI=1S/C24H32FN4O6P/c1-16-13-20(34-23(16)29-12-11-21(26)28-24(29)31)15-32-36(35-19-9-7-17(25)8-10-19)27-14-22(30)33-18-5-3-2-4-6-18/h7-12,16,18,20,23,27H,2-6,13-15H2,1H3,(H2,26,28,31). The van der Waals surface area contributed by atoms with Gasteiger partial charge in [-0.1, -0.05) is 13.3 Å². The van der Waals surface area contributed by atoms with E-state index in [9.17, 15) is 14.0 Å². The Morgan fingerprint density at radius 2 is 2.00 bits per heavy atom. The summed E-state index contributed by atoms with van der Waals surface area (Å²) in [6.45, 7) is 2.06. The lowest BCUT2D eigenvalue weighted by Crippen LogP contribution is -2.30. The molecule has 10 nitrogen and oxygen atoms in total. The van der Waals surface area contributed by atoms with Crippen LogP contribution in [0.4, 0.5) is 10.2 Å². The predicted molar refractivity (Wildman–Crippen MR) is 131 cm³/mol. The number of nitrogens with two attached hydrogens (primary N) is 1. The fraction of sp³-hybridized carbons (Fsp3) is 0.542. The molecule has 1 aromatic heterocycles. The third-order valence-corrected chi connectivity index (χ3v) is 7.34. The van der Waals surface area contributed by atoms with Gasteiger partial charge in [-0.3, -0.25) is 9.36 Å². The van der Waals surface area contributed by atoms with E-state index in [1.54, 1.807) is 12.3 Å². The molecule has 0 radical (unpaired) electrons. The Kier molecular flexibility index (Phi) is 9.25. The van der Waals surface area contributed by atoms with Gasteiger partial charge in [0.25, 0.3) is 0 Å². The number of benzene rings is 1. The van der Waals surface area contributed by atoms with Gasteiger partial charge in [-0.25, -0.2) is 14.3 Å². The number of carbonyl (C=O) groups is 1. The second-order valence-corrected chi connectivity index (χ2v) is 10.4. The third kappa shape index (κ3) is 7.46. The molecule has 3 N–H and O–H groups in total. The van der Waals surface area contributed by atoms with E-state index in [4.69, 9.17) is 24.3 Å². The highest BCUT2D eigenvalue weighted by Gasteiger charge is 2.35. The number of rotatable bonds is 10. The fourth-order valence-corrected chi connectivity index (χ4v) is 5.45. The Balaban J connectivity index is 1.33. The maximum Gasteiger partial charge on any atom is 0.351 e. The summed E-state index contributed by atoms with van der Waals surface area (Å²) in [5.41, 5.74) is 5.11. The molecule has 1 aliphatic heterocycles. The van der Waals surface area contributed by atoms with E-state index in [1.807, 2.05) is 6.92 Å². The average molecular weight is 523 g/mol. The van der Waals surface area contributed by atoms with Crippen LogP contribution in [0, 0.1) is 11.7 Å². The smallest absolute Gasteiger partial charge is 0.351 e. The van der Waals surface area contributed by atoms with Crippen molar-refractivity contribution < 1.29 is 27.7 Å². The van der Waals surface area contributed by atoms with Gasteiger partial charge in [0.2, 0.25) is 0 Å². The minimum atomic E-state index is -1.76. The lowest BCUT2D eigenvalue weighted by Gasteiger charge is -2.23. The predicted octanol–water partition coefficient (Wildman–Crippen LogP) is 3.68. The van der Waals surface area contributed by atoms with E-state index in [0.29, 0.717) is 12.2 Å². The first-order valence-corrected chi connectivity index (χ1v) is 13.3. The number of carbonyl (C=O) groups excluding carboxylic acids is 1. The van der Waals surface area contributed by atoms with Gasteiger partial charge in [0.1, 0.15) is 36.3 Å². The number of hydrogen-bond acceptors (Lipinski definition) is 9. The van der Waals surface area contributed by atoms with E-state index >= 15 is 0 Å². The Labute approximate surface area is 210 Å². The van der Waals surface area contributed by atoms with Crippen LogP contribution in [-0.4, -0.2) is 40.9 Å². The van der Waals surface area contributed by atoms with Crippen LogP contribution in [0.3, 0.4) is 0 Å². The number of nitrogens with one attached hydrogen (secondary N) is 1. The molecule has 2 aliphatic rings. The van der Waals surface area contributed by atoms with Crippen molar-refractivity contribution in [2.24, 2.45) is 5.92 Å². The first-order valence-electron chi connectivity index (χ1n) is 12.2. The number of esters is 1. The molecule has 1 saturated carbocycles. The van der Waals surface area contributed by atoms with Crippen molar-refractivity contribution in [3.05, 3.63) is 52.8 Å². The highest BCUT2D eigenvalue weighted by atomic mass is 31.2. The number of hydrogen-bond donors (Lipinski definition) is 2. The summed E-state index contributed by atoms with van der Waals surface area (Å²) in [6.07, 6.45) is 6.42. The Morgan fingerprint density at radius 3 is 2.72 bits per heavy atom. The number of halogens is 1. The molecular weight excluding hydrogens is 490 g/mol. The molecule has 2 heterocycles. The lowest BCUT2D eigenvalue weighted by atomic mass is 9.98. The average Bonchev–Trinajstić information content (AvgIpc) is 3.23. The summed E-state index contributed by atoms with van der Waals surface area (Å²) >= 11 is 0. The topological polar surface area (TPSA) is 127 Å². The largest absolute Gasteiger partial charge is 0.461 e. The van der Waals surface area contributed by atoms with Crippen molar-refractivity contribution in [1.29, 1.82) is 0 Å². The van der Waals surface area contributed by atoms with Crippen molar-refractivity contribution in [1.82, 2.24) is 14.6 Å². The Bertz CT molecular complexity index is 1070. The number of nitrogen functional groups attached to an aromatic ring is 1. The molecule has 0 amide bonds. The van der Waals surface area contributed by atoms with Crippen molar-refractivity contribution in [2.45, 2.75) is 63.9 Å². The van der Waals surface area contributed by atoms with Crippen LogP contribution >= 0.6 is 8.53 Å². The molecule has 4 rings (SSSR count). The number of anilines is 1. The first-order chi connectivity index (χ1) is 17.4. The molecule has 4 atom stereocenters. The Morgan fingerprint density at radius 1 is 1.25 bits per heavy atom. The maximum absolute atomic E-state index is 13.3. The van der Waals surface area contributed by atoms with Gasteiger partial charge in [0.05, 0.1) is 12.7 Å². The van der Waals surface area contributed by atoms with Crippen molar-refractivity contribution >= 4 is 20.3 Å². The van der Waals surface area contributed by atoms with E-state index in [0.717, 1.165) is 25.7 Å². The molecule has 196 valence electrons. The fourth-order valence-electron chi connectivity index (χ4n) is 4.37. The molecule has 4 unspecified atom stereocenters. The summed E-state index contributed by atoms with van der Waals surface area (Å²) in [4.78, 5) is 28.4. The summed E-state index contributed by atoms with van der Waals surface area (Å²) in [7, 11) is -1.76. The molecule has 1 aromatic carbocycles. The second-order valence-electron chi connectivity index (χ2n) is 9.09. The quantitative estimate of drug-likeness (QED) is 0.355. The van der Waals surface area contributed by atoms with Crippen molar-refractivity contribution in [2.75, 3.05) is 18.9 Å². The molecule has 12 heteroatoms. The van der Waals surface area contributed by atoms with Gasteiger partial charge in [-0.05, 0) is 62.4 Å². The van der Waals surface area contributed by atoms with Gasteiger partial charge in [-0.2, -0.15) is 4.98 Å². The summed E-state index contributed by atoms with van der Waals surface area (Å²) in [6, 6.07) is 7.09. The molecule has 2 aromatic rings. The van der Waals surface area contributed by atoms with Gasteiger partial charge in [0.15, 0.2) is 0 Å². The van der Waals surface area contributed by atoms with Gasteiger partial charge in [-0.15, -0.1) is 0 Å².